The van der Waals surface area contributed by atoms with E-state index in [4.69, 9.17) is 4.84 Å². The lowest BCUT2D eigenvalue weighted by Gasteiger charge is -2.37. The molecule has 2 aromatic rings. The summed E-state index contributed by atoms with van der Waals surface area (Å²) < 4.78 is 41.1. The van der Waals surface area contributed by atoms with E-state index in [1.54, 1.807) is 24.3 Å². The van der Waals surface area contributed by atoms with Gasteiger partial charge < -0.3 is 10.2 Å². The van der Waals surface area contributed by atoms with E-state index in [2.05, 4.69) is 10.5 Å². The minimum atomic E-state index is -4.02. The van der Waals surface area contributed by atoms with E-state index >= 15 is 0 Å². The first-order chi connectivity index (χ1) is 13.9. The molecule has 1 fully saturated rings. The number of benzene rings is 2. The van der Waals surface area contributed by atoms with Gasteiger partial charge in [0.2, 0.25) is 10.0 Å². The molecular weight excluding hydrogens is 397 g/mol. The SMILES string of the molecule is O=C(Nc1ccccc1)C1=NOC2(CCCN(S(=O)(=O)c3ccccc3F)C2)C1. The quantitative estimate of drug-likeness (QED) is 0.829. The lowest BCUT2D eigenvalue weighted by molar-refractivity contribution is -0.110. The molecule has 4 rings (SSSR count). The van der Waals surface area contributed by atoms with E-state index in [0.29, 0.717) is 18.5 Å². The summed E-state index contributed by atoms with van der Waals surface area (Å²) in [7, 11) is -4.02. The van der Waals surface area contributed by atoms with Crippen molar-refractivity contribution in [3.05, 3.63) is 60.4 Å². The van der Waals surface area contributed by atoms with Crippen molar-refractivity contribution in [3.63, 3.8) is 0 Å². The fourth-order valence-corrected chi connectivity index (χ4v) is 5.26. The van der Waals surface area contributed by atoms with Crippen LogP contribution in [-0.2, 0) is 19.7 Å². The number of rotatable bonds is 4. The first-order valence-electron chi connectivity index (χ1n) is 9.26. The van der Waals surface area contributed by atoms with Crippen molar-refractivity contribution in [1.29, 1.82) is 0 Å². The number of hydrogen-bond acceptors (Lipinski definition) is 5. The molecule has 29 heavy (non-hydrogen) atoms. The number of amides is 1. The Morgan fingerprint density at radius 3 is 2.62 bits per heavy atom. The molecule has 9 heteroatoms. The summed E-state index contributed by atoms with van der Waals surface area (Å²) in [5, 5.41) is 6.67. The van der Waals surface area contributed by atoms with Gasteiger partial charge >= 0.3 is 0 Å². The van der Waals surface area contributed by atoms with Gasteiger partial charge in [-0.15, -0.1) is 0 Å². The topological polar surface area (TPSA) is 88.1 Å². The van der Waals surface area contributed by atoms with E-state index in [1.807, 2.05) is 6.07 Å². The van der Waals surface area contributed by atoms with Crippen LogP contribution in [0.3, 0.4) is 0 Å². The molecule has 0 aliphatic carbocycles. The van der Waals surface area contributed by atoms with Gasteiger partial charge in [0.25, 0.3) is 5.91 Å². The van der Waals surface area contributed by atoms with Gasteiger partial charge in [-0.05, 0) is 37.1 Å². The molecule has 0 saturated carbocycles. The van der Waals surface area contributed by atoms with E-state index in [-0.39, 0.29) is 36.0 Å². The van der Waals surface area contributed by atoms with Gasteiger partial charge in [-0.3, -0.25) is 4.79 Å². The maximum absolute atomic E-state index is 14.1. The number of para-hydroxylation sites is 1. The lowest BCUT2D eigenvalue weighted by atomic mass is 9.89. The van der Waals surface area contributed by atoms with Crippen molar-refractivity contribution >= 4 is 27.3 Å². The highest BCUT2D eigenvalue weighted by Crippen LogP contribution is 2.36. The van der Waals surface area contributed by atoms with Gasteiger partial charge in [-0.1, -0.05) is 35.5 Å². The summed E-state index contributed by atoms with van der Waals surface area (Å²) >= 11 is 0. The minimum absolute atomic E-state index is 0.00921. The van der Waals surface area contributed by atoms with Crippen LogP contribution in [0.25, 0.3) is 0 Å². The van der Waals surface area contributed by atoms with Gasteiger partial charge in [-0.25, -0.2) is 12.8 Å². The molecule has 0 bridgehead atoms. The number of hydrogen-bond donors (Lipinski definition) is 1. The number of anilines is 1. The summed E-state index contributed by atoms with van der Waals surface area (Å²) in [4.78, 5) is 17.7. The summed E-state index contributed by atoms with van der Waals surface area (Å²) in [5.41, 5.74) is -0.0764. The normalized spacial score (nSPS) is 22.2. The smallest absolute Gasteiger partial charge is 0.273 e. The van der Waals surface area contributed by atoms with Crippen molar-refractivity contribution < 1.29 is 22.4 Å². The van der Waals surface area contributed by atoms with Crippen molar-refractivity contribution in [2.24, 2.45) is 5.16 Å². The molecule has 1 atom stereocenters. The predicted octanol–water partition coefficient (Wildman–Crippen LogP) is 2.76. The highest BCUT2D eigenvalue weighted by molar-refractivity contribution is 7.89. The minimum Gasteiger partial charge on any atom is -0.387 e. The maximum atomic E-state index is 14.1. The highest BCUT2D eigenvalue weighted by Gasteiger charge is 2.47. The van der Waals surface area contributed by atoms with Gasteiger partial charge in [0.15, 0.2) is 5.60 Å². The molecular formula is C20H20FN3O4S. The molecule has 7 nitrogen and oxygen atoms in total. The van der Waals surface area contributed by atoms with Gasteiger partial charge in [0.1, 0.15) is 16.4 Å². The summed E-state index contributed by atoms with van der Waals surface area (Å²) in [6.45, 7) is 0.266. The van der Waals surface area contributed by atoms with Crippen LogP contribution in [-0.4, -0.2) is 43.0 Å². The van der Waals surface area contributed by atoms with E-state index in [0.717, 1.165) is 6.07 Å². The Bertz CT molecular complexity index is 1060. The zero-order valence-electron chi connectivity index (χ0n) is 15.5. The van der Waals surface area contributed by atoms with Crippen LogP contribution in [0.2, 0.25) is 0 Å². The molecule has 1 spiro atoms. The van der Waals surface area contributed by atoms with E-state index in [1.165, 1.54) is 22.5 Å². The highest BCUT2D eigenvalue weighted by atomic mass is 32.2. The number of carbonyl (C=O) groups is 1. The summed E-state index contributed by atoms with van der Waals surface area (Å²) in [5.74, 6) is -1.18. The molecule has 152 valence electrons. The predicted molar refractivity (Wildman–Crippen MR) is 105 cm³/mol. The van der Waals surface area contributed by atoms with Crippen LogP contribution >= 0.6 is 0 Å². The van der Waals surface area contributed by atoms with Crippen LogP contribution in [0.1, 0.15) is 19.3 Å². The van der Waals surface area contributed by atoms with Crippen LogP contribution in [0, 0.1) is 5.82 Å². The zero-order valence-corrected chi connectivity index (χ0v) is 16.4. The van der Waals surface area contributed by atoms with Crippen molar-refractivity contribution in [3.8, 4) is 0 Å². The van der Waals surface area contributed by atoms with Crippen molar-refractivity contribution in [1.82, 2.24) is 4.31 Å². The molecule has 1 amide bonds. The second-order valence-corrected chi connectivity index (χ2v) is 9.09. The maximum Gasteiger partial charge on any atom is 0.273 e. The van der Waals surface area contributed by atoms with E-state index < -0.39 is 21.4 Å². The average Bonchev–Trinajstić information content (AvgIpc) is 3.12. The molecule has 1 unspecified atom stereocenters. The van der Waals surface area contributed by atoms with Crippen LogP contribution in [0.5, 0.6) is 0 Å². The Balaban J connectivity index is 1.48. The molecule has 1 saturated heterocycles. The van der Waals surface area contributed by atoms with Crippen molar-refractivity contribution in [2.45, 2.75) is 29.8 Å². The molecule has 1 N–H and O–H groups in total. The number of sulfonamides is 1. The van der Waals surface area contributed by atoms with Crippen molar-refractivity contribution in [2.75, 3.05) is 18.4 Å². The molecule has 2 aliphatic rings. The molecule has 0 radical (unpaired) electrons. The Morgan fingerprint density at radius 2 is 1.86 bits per heavy atom. The van der Waals surface area contributed by atoms with Gasteiger partial charge in [-0.2, -0.15) is 4.31 Å². The third-order valence-corrected chi connectivity index (χ3v) is 6.97. The van der Waals surface area contributed by atoms with Crippen LogP contribution in [0.4, 0.5) is 10.1 Å². The molecule has 2 aliphatic heterocycles. The fraction of sp³-hybridized carbons (Fsp3) is 0.300. The fourth-order valence-electron chi connectivity index (χ4n) is 3.64. The molecule has 0 aromatic heterocycles. The first kappa shape index (κ1) is 19.5. The second-order valence-electron chi connectivity index (χ2n) is 7.18. The summed E-state index contributed by atoms with van der Waals surface area (Å²) in [6.07, 6.45) is 1.27. The number of nitrogens with zero attached hydrogens (tertiary/aromatic N) is 2. The Labute approximate surface area is 168 Å². The largest absolute Gasteiger partial charge is 0.387 e. The third kappa shape index (κ3) is 3.88. The standard InChI is InChI=1S/C20H20FN3O4S/c21-16-9-4-5-10-18(16)29(26,27)24-12-6-11-20(14-24)13-17(23-28-20)19(25)22-15-7-2-1-3-8-15/h1-5,7-10H,6,11-14H2,(H,22,25). The number of halogens is 1. The van der Waals surface area contributed by atoms with Crippen LogP contribution in [0.15, 0.2) is 64.6 Å². The van der Waals surface area contributed by atoms with Gasteiger partial charge in [0, 0.05) is 18.7 Å². The number of oxime groups is 1. The van der Waals surface area contributed by atoms with Crippen LogP contribution < -0.4 is 5.32 Å². The van der Waals surface area contributed by atoms with Gasteiger partial charge in [0.05, 0.1) is 6.54 Å². The first-order valence-corrected chi connectivity index (χ1v) is 10.7. The monoisotopic (exact) mass is 417 g/mol. The average molecular weight is 417 g/mol. The number of carbonyl (C=O) groups excluding carboxylic acids is 1. The zero-order chi connectivity index (χ0) is 20.5. The number of nitrogens with one attached hydrogen (secondary N) is 1. The molecule has 2 aromatic carbocycles. The van der Waals surface area contributed by atoms with E-state index in [9.17, 15) is 17.6 Å². The molecule has 2 heterocycles. The number of piperidine rings is 1. The third-order valence-electron chi connectivity index (χ3n) is 5.09. The second kappa shape index (κ2) is 7.57. The summed E-state index contributed by atoms with van der Waals surface area (Å²) in [6, 6.07) is 14.3. The Hall–Kier alpha value is -2.78. The lowest BCUT2D eigenvalue weighted by Crippen LogP contribution is -2.50. The Kier molecular flexibility index (Phi) is 5.10. The Morgan fingerprint density at radius 1 is 1.14 bits per heavy atom.